The lowest BCUT2D eigenvalue weighted by Crippen LogP contribution is -2.37. The molecule has 0 amide bonds. The van der Waals surface area contributed by atoms with E-state index in [4.69, 9.17) is 0 Å². The average Bonchev–Trinajstić information content (AvgIpc) is 2.66. The summed E-state index contributed by atoms with van der Waals surface area (Å²) >= 11 is 4.56. The van der Waals surface area contributed by atoms with E-state index in [-0.39, 0.29) is 0 Å². The van der Waals surface area contributed by atoms with Crippen molar-refractivity contribution in [3.63, 3.8) is 0 Å². The zero-order chi connectivity index (χ0) is 11.3. The highest BCUT2D eigenvalue weighted by Crippen LogP contribution is 2.39. The Labute approximate surface area is 101 Å². The van der Waals surface area contributed by atoms with Crippen LogP contribution in [0.5, 0.6) is 0 Å². The largest absolute Gasteiger partial charge is 0.306 e. The molecule has 1 atom stereocenters. The van der Waals surface area contributed by atoms with E-state index >= 15 is 0 Å². The quantitative estimate of drug-likeness (QED) is 0.683. The molecule has 0 aromatic carbocycles. The minimum Gasteiger partial charge on any atom is -0.306 e. The first-order chi connectivity index (χ1) is 7.12. The monoisotopic (exact) mass is 229 g/mol. The van der Waals surface area contributed by atoms with Crippen molar-refractivity contribution in [2.75, 3.05) is 25.9 Å². The van der Waals surface area contributed by atoms with Crippen molar-refractivity contribution in [1.82, 2.24) is 4.90 Å². The molecule has 0 N–H and O–H groups in total. The molecule has 0 saturated heterocycles. The average molecular weight is 229 g/mol. The normalized spacial score (nSPS) is 22.2. The molecule has 0 aliphatic heterocycles. The van der Waals surface area contributed by atoms with Crippen molar-refractivity contribution < 1.29 is 0 Å². The highest BCUT2D eigenvalue weighted by atomic mass is 32.1. The van der Waals surface area contributed by atoms with Gasteiger partial charge in [-0.25, -0.2) is 0 Å². The molecular formula is C13H27NS. The summed E-state index contributed by atoms with van der Waals surface area (Å²) in [4.78, 5) is 2.52. The van der Waals surface area contributed by atoms with Gasteiger partial charge in [0.25, 0.3) is 0 Å². The van der Waals surface area contributed by atoms with Gasteiger partial charge in [-0.1, -0.05) is 33.1 Å². The fraction of sp³-hybridized carbons (Fsp3) is 1.00. The zero-order valence-electron chi connectivity index (χ0n) is 10.6. The first kappa shape index (κ1) is 13.4. The Morgan fingerprint density at radius 3 is 2.40 bits per heavy atom. The molecule has 0 aromatic rings. The molecule has 0 aromatic heterocycles. The second kappa shape index (κ2) is 6.15. The van der Waals surface area contributed by atoms with Gasteiger partial charge in [0.2, 0.25) is 0 Å². The highest BCUT2D eigenvalue weighted by molar-refractivity contribution is 7.80. The molecule has 1 saturated carbocycles. The summed E-state index contributed by atoms with van der Waals surface area (Å²) in [6.45, 7) is 7.12. The lowest BCUT2D eigenvalue weighted by atomic mass is 9.87. The second-order valence-corrected chi connectivity index (χ2v) is 5.89. The van der Waals surface area contributed by atoms with Gasteiger partial charge in [0.1, 0.15) is 0 Å². The van der Waals surface area contributed by atoms with Crippen LogP contribution in [0.4, 0.5) is 0 Å². The van der Waals surface area contributed by atoms with E-state index in [1.165, 1.54) is 45.2 Å². The summed E-state index contributed by atoms with van der Waals surface area (Å²) in [7, 11) is 2.27. The van der Waals surface area contributed by atoms with Gasteiger partial charge < -0.3 is 4.90 Å². The van der Waals surface area contributed by atoms with Crippen molar-refractivity contribution in [1.29, 1.82) is 0 Å². The maximum Gasteiger partial charge on any atom is 0.00429 e. The molecule has 1 nitrogen and oxygen atoms in total. The summed E-state index contributed by atoms with van der Waals surface area (Å²) < 4.78 is 0. The van der Waals surface area contributed by atoms with Crippen LogP contribution in [0.1, 0.15) is 46.0 Å². The molecule has 1 aliphatic carbocycles. The number of rotatable bonds is 6. The third-order valence-corrected chi connectivity index (χ3v) is 4.60. The third kappa shape index (κ3) is 3.99. The van der Waals surface area contributed by atoms with E-state index in [1.807, 2.05) is 0 Å². The van der Waals surface area contributed by atoms with Gasteiger partial charge in [-0.2, -0.15) is 12.6 Å². The molecule has 1 fully saturated rings. The van der Waals surface area contributed by atoms with E-state index < -0.39 is 0 Å². The molecule has 2 heteroatoms. The van der Waals surface area contributed by atoms with Crippen LogP contribution in [-0.4, -0.2) is 30.8 Å². The SMILES string of the molecule is CCC(C)CN(C)CC1(CS)CCCC1. The first-order valence-electron chi connectivity index (χ1n) is 6.41. The molecule has 0 radical (unpaired) electrons. The predicted octanol–water partition coefficient (Wildman–Crippen LogP) is 3.45. The van der Waals surface area contributed by atoms with Gasteiger partial charge in [-0.05, 0) is 37.0 Å². The summed E-state index contributed by atoms with van der Waals surface area (Å²) in [6, 6.07) is 0. The number of hydrogen-bond acceptors (Lipinski definition) is 2. The van der Waals surface area contributed by atoms with E-state index in [0.29, 0.717) is 5.41 Å². The lowest BCUT2D eigenvalue weighted by Gasteiger charge is -2.33. The summed E-state index contributed by atoms with van der Waals surface area (Å²) in [6.07, 6.45) is 6.90. The van der Waals surface area contributed by atoms with Crippen molar-refractivity contribution in [3.05, 3.63) is 0 Å². The lowest BCUT2D eigenvalue weighted by molar-refractivity contribution is 0.182. The molecule has 1 aliphatic rings. The van der Waals surface area contributed by atoms with Crippen LogP contribution < -0.4 is 0 Å². The van der Waals surface area contributed by atoms with E-state index in [0.717, 1.165) is 11.7 Å². The molecule has 1 unspecified atom stereocenters. The Hall–Kier alpha value is 0.310. The third-order valence-electron chi connectivity index (χ3n) is 3.93. The fourth-order valence-corrected chi connectivity index (χ4v) is 3.21. The van der Waals surface area contributed by atoms with Gasteiger partial charge in [0, 0.05) is 13.1 Å². The second-order valence-electron chi connectivity index (χ2n) is 5.58. The summed E-state index contributed by atoms with van der Waals surface area (Å²) in [5.74, 6) is 1.89. The Kier molecular flexibility index (Phi) is 5.48. The van der Waals surface area contributed by atoms with Gasteiger partial charge in [-0.15, -0.1) is 0 Å². The number of nitrogens with zero attached hydrogens (tertiary/aromatic N) is 1. The summed E-state index contributed by atoms with van der Waals surface area (Å²) in [5, 5.41) is 0. The van der Waals surface area contributed by atoms with Crippen molar-refractivity contribution in [3.8, 4) is 0 Å². The minimum absolute atomic E-state index is 0.533. The van der Waals surface area contributed by atoms with Gasteiger partial charge in [0.15, 0.2) is 0 Å². The minimum atomic E-state index is 0.533. The Morgan fingerprint density at radius 1 is 1.33 bits per heavy atom. The van der Waals surface area contributed by atoms with Crippen LogP contribution in [0.2, 0.25) is 0 Å². The van der Waals surface area contributed by atoms with Crippen LogP contribution in [0.3, 0.4) is 0 Å². The Balaban J connectivity index is 2.37. The van der Waals surface area contributed by atoms with Gasteiger partial charge in [-0.3, -0.25) is 0 Å². The van der Waals surface area contributed by atoms with E-state index in [1.54, 1.807) is 0 Å². The summed E-state index contributed by atoms with van der Waals surface area (Å²) in [5.41, 5.74) is 0.533. The topological polar surface area (TPSA) is 3.24 Å². The highest BCUT2D eigenvalue weighted by Gasteiger charge is 2.33. The van der Waals surface area contributed by atoms with Crippen LogP contribution in [0.25, 0.3) is 0 Å². The maximum absolute atomic E-state index is 4.56. The molecule has 0 heterocycles. The fourth-order valence-electron chi connectivity index (χ4n) is 2.79. The molecule has 0 spiro atoms. The predicted molar refractivity (Wildman–Crippen MR) is 71.7 cm³/mol. The standard InChI is InChI=1S/C13H27NS/c1-4-12(2)9-14(3)10-13(11-15)7-5-6-8-13/h12,15H,4-11H2,1-3H3. The van der Waals surface area contributed by atoms with Crippen LogP contribution in [-0.2, 0) is 0 Å². The van der Waals surface area contributed by atoms with Gasteiger partial charge >= 0.3 is 0 Å². The molecular weight excluding hydrogens is 202 g/mol. The van der Waals surface area contributed by atoms with Crippen molar-refractivity contribution in [2.24, 2.45) is 11.3 Å². The first-order valence-corrected chi connectivity index (χ1v) is 7.04. The number of hydrogen-bond donors (Lipinski definition) is 1. The smallest absolute Gasteiger partial charge is 0.00429 e. The molecule has 1 rings (SSSR count). The van der Waals surface area contributed by atoms with Crippen molar-refractivity contribution in [2.45, 2.75) is 46.0 Å². The molecule has 15 heavy (non-hydrogen) atoms. The Morgan fingerprint density at radius 2 is 1.93 bits per heavy atom. The van der Waals surface area contributed by atoms with Gasteiger partial charge in [0.05, 0.1) is 0 Å². The Bertz CT molecular complexity index is 175. The molecule has 0 bridgehead atoms. The number of thiol groups is 1. The van der Waals surface area contributed by atoms with E-state index in [9.17, 15) is 0 Å². The van der Waals surface area contributed by atoms with E-state index in [2.05, 4.69) is 38.4 Å². The zero-order valence-corrected chi connectivity index (χ0v) is 11.5. The van der Waals surface area contributed by atoms with Crippen molar-refractivity contribution >= 4 is 12.6 Å². The molecule has 90 valence electrons. The maximum atomic E-state index is 4.56. The van der Waals surface area contributed by atoms with Crippen LogP contribution in [0, 0.1) is 11.3 Å². The van der Waals surface area contributed by atoms with Crippen LogP contribution >= 0.6 is 12.6 Å². The van der Waals surface area contributed by atoms with Crippen LogP contribution in [0.15, 0.2) is 0 Å².